The Morgan fingerprint density at radius 1 is 1.44 bits per heavy atom. The van der Waals surface area contributed by atoms with Gasteiger partial charge in [-0.3, -0.25) is 4.79 Å². The van der Waals surface area contributed by atoms with E-state index in [0.717, 1.165) is 16.5 Å². The normalized spacial score (nSPS) is 12.1. The summed E-state index contributed by atoms with van der Waals surface area (Å²) in [6, 6.07) is 6.91. The number of fused-ring (bicyclic) bond motifs is 1. The van der Waals surface area contributed by atoms with Gasteiger partial charge in [0.2, 0.25) is 0 Å². The number of carboxylic acids is 1. The third-order valence-electron chi connectivity index (χ3n) is 2.43. The van der Waals surface area contributed by atoms with E-state index < -0.39 is 12.0 Å². The molecule has 0 spiro atoms. The summed E-state index contributed by atoms with van der Waals surface area (Å²) in [5, 5.41) is 9.75. The molecule has 0 amide bonds. The van der Waals surface area contributed by atoms with Crippen molar-refractivity contribution in [1.29, 1.82) is 0 Å². The van der Waals surface area contributed by atoms with Crippen molar-refractivity contribution in [2.75, 3.05) is 0 Å². The summed E-state index contributed by atoms with van der Waals surface area (Å²) in [5.74, 6) is -0.972. The summed E-state index contributed by atoms with van der Waals surface area (Å²) in [7, 11) is 0. The standard InChI is InChI=1S/C11H12N2O2.Cu/c12-9(11(14)15)5-7-6-13-10-4-2-1-3-8(7)10;/h1-4,6,9,13H,5,12H2,(H,14,15);/t9-;/m0./s1. The summed E-state index contributed by atoms with van der Waals surface area (Å²) in [6.45, 7) is 0. The van der Waals surface area contributed by atoms with Crippen LogP contribution in [0, 0.1) is 0 Å². The van der Waals surface area contributed by atoms with Crippen molar-refractivity contribution in [3.63, 3.8) is 0 Å². The van der Waals surface area contributed by atoms with E-state index in [-0.39, 0.29) is 17.1 Å². The van der Waals surface area contributed by atoms with Crippen molar-refractivity contribution in [2.24, 2.45) is 5.73 Å². The van der Waals surface area contributed by atoms with E-state index >= 15 is 0 Å². The van der Waals surface area contributed by atoms with Crippen LogP contribution in [0.25, 0.3) is 10.9 Å². The first-order valence-corrected chi connectivity index (χ1v) is 4.72. The topological polar surface area (TPSA) is 79.1 Å². The van der Waals surface area contributed by atoms with Crippen LogP contribution in [-0.4, -0.2) is 22.1 Å². The average Bonchev–Trinajstić information content (AvgIpc) is 2.62. The second-order valence-corrected chi connectivity index (χ2v) is 3.51. The Labute approximate surface area is 103 Å². The first-order valence-electron chi connectivity index (χ1n) is 4.72. The van der Waals surface area contributed by atoms with Gasteiger partial charge in [0.25, 0.3) is 0 Å². The van der Waals surface area contributed by atoms with Gasteiger partial charge >= 0.3 is 5.97 Å². The molecule has 1 atom stereocenters. The summed E-state index contributed by atoms with van der Waals surface area (Å²) in [6.07, 6.45) is 2.16. The maximum atomic E-state index is 10.6. The number of carboxylic acid groups (broad SMARTS) is 1. The Balaban J connectivity index is 0.00000128. The first-order chi connectivity index (χ1) is 7.18. The van der Waals surface area contributed by atoms with Crippen LogP contribution in [0.3, 0.4) is 0 Å². The third-order valence-corrected chi connectivity index (χ3v) is 2.43. The van der Waals surface area contributed by atoms with E-state index in [1.54, 1.807) is 0 Å². The summed E-state index contributed by atoms with van der Waals surface area (Å²) >= 11 is 0. The number of aromatic amines is 1. The van der Waals surface area contributed by atoms with Crippen molar-refractivity contribution in [3.05, 3.63) is 36.0 Å². The van der Waals surface area contributed by atoms with Crippen LogP contribution in [0.15, 0.2) is 30.5 Å². The van der Waals surface area contributed by atoms with Crippen LogP contribution in [-0.2, 0) is 28.3 Å². The average molecular weight is 268 g/mol. The molecule has 2 rings (SSSR count). The predicted molar refractivity (Wildman–Crippen MR) is 57.6 cm³/mol. The van der Waals surface area contributed by atoms with Gasteiger partial charge in [0.05, 0.1) is 0 Å². The molecule has 1 heterocycles. The SMILES string of the molecule is N[C@@H](Cc1c[nH]c2ccccc12)C(=O)O.[Cu]. The molecule has 89 valence electrons. The molecule has 5 heteroatoms. The molecule has 0 saturated heterocycles. The number of rotatable bonds is 3. The van der Waals surface area contributed by atoms with Crippen molar-refractivity contribution in [3.8, 4) is 0 Å². The van der Waals surface area contributed by atoms with Crippen LogP contribution in [0.2, 0.25) is 0 Å². The molecule has 2 aromatic rings. The van der Waals surface area contributed by atoms with Crippen LogP contribution < -0.4 is 5.73 Å². The van der Waals surface area contributed by atoms with Gasteiger partial charge in [-0.1, -0.05) is 18.2 Å². The van der Waals surface area contributed by atoms with Crippen LogP contribution in [0.1, 0.15) is 5.56 Å². The van der Waals surface area contributed by atoms with Gasteiger partial charge in [0, 0.05) is 40.6 Å². The molecule has 0 fully saturated rings. The Hall–Kier alpha value is -1.29. The van der Waals surface area contributed by atoms with Crippen LogP contribution in [0.4, 0.5) is 0 Å². The molecule has 0 unspecified atom stereocenters. The Kier molecular flexibility index (Phi) is 4.12. The molecule has 0 saturated carbocycles. The van der Waals surface area contributed by atoms with Gasteiger partial charge in [-0.2, -0.15) is 0 Å². The van der Waals surface area contributed by atoms with Gasteiger partial charge in [-0.15, -0.1) is 0 Å². The van der Waals surface area contributed by atoms with Gasteiger partial charge in [-0.25, -0.2) is 0 Å². The number of para-hydroxylation sites is 1. The second-order valence-electron chi connectivity index (χ2n) is 3.51. The fraction of sp³-hybridized carbons (Fsp3) is 0.182. The molecule has 1 aromatic carbocycles. The first kappa shape index (κ1) is 12.8. The number of benzene rings is 1. The predicted octanol–water partition coefficient (Wildman–Crippen LogP) is 1.12. The zero-order valence-corrected chi connectivity index (χ0v) is 9.35. The van der Waals surface area contributed by atoms with Gasteiger partial charge in [0.1, 0.15) is 6.04 Å². The van der Waals surface area contributed by atoms with Gasteiger partial charge in [-0.05, 0) is 11.6 Å². The van der Waals surface area contributed by atoms with E-state index in [0.29, 0.717) is 6.42 Å². The maximum absolute atomic E-state index is 10.6. The van der Waals surface area contributed by atoms with Gasteiger partial charge in [0.15, 0.2) is 0 Å². The van der Waals surface area contributed by atoms with Gasteiger partial charge < -0.3 is 15.8 Å². The summed E-state index contributed by atoms with van der Waals surface area (Å²) in [5.41, 5.74) is 7.43. The number of H-pyrrole nitrogens is 1. The van der Waals surface area contributed by atoms with E-state index in [4.69, 9.17) is 10.8 Å². The molecule has 0 aliphatic rings. The van der Waals surface area contributed by atoms with Crippen molar-refractivity contribution in [2.45, 2.75) is 12.5 Å². The summed E-state index contributed by atoms with van der Waals surface area (Å²) < 4.78 is 0. The van der Waals surface area contributed by atoms with Crippen molar-refractivity contribution < 1.29 is 27.0 Å². The number of nitrogens with two attached hydrogens (primary N) is 1. The largest absolute Gasteiger partial charge is 0.480 e. The number of nitrogens with one attached hydrogen (secondary N) is 1. The van der Waals surface area contributed by atoms with Crippen LogP contribution >= 0.6 is 0 Å². The summed E-state index contributed by atoms with van der Waals surface area (Å²) in [4.78, 5) is 13.7. The monoisotopic (exact) mass is 267 g/mol. The molecule has 4 nitrogen and oxygen atoms in total. The number of carbonyl (C=O) groups is 1. The Morgan fingerprint density at radius 2 is 2.12 bits per heavy atom. The van der Waals surface area contributed by atoms with E-state index in [2.05, 4.69) is 4.98 Å². The number of aliphatic carboxylic acids is 1. The second kappa shape index (κ2) is 5.16. The fourth-order valence-electron chi connectivity index (χ4n) is 1.62. The van der Waals surface area contributed by atoms with Crippen molar-refractivity contribution >= 4 is 16.9 Å². The number of hydrogen-bond acceptors (Lipinski definition) is 2. The molecule has 1 aromatic heterocycles. The molecular weight excluding hydrogens is 256 g/mol. The Morgan fingerprint density at radius 3 is 2.81 bits per heavy atom. The smallest absolute Gasteiger partial charge is 0.320 e. The number of hydrogen-bond donors (Lipinski definition) is 3. The quantitative estimate of drug-likeness (QED) is 0.729. The van der Waals surface area contributed by atoms with Crippen LogP contribution in [0.5, 0.6) is 0 Å². The van der Waals surface area contributed by atoms with E-state index in [1.807, 2.05) is 30.5 Å². The third kappa shape index (κ3) is 2.44. The molecule has 4 N–H and O–H groups in total. The van der Waals surface area contributed by atoms with Crippen molar-refractivity contribution in [1.82, 2.24) is 4.98 Å². The van der Waals surface area contributed by atoms with E-state index in [9.17, 15) is 4.79 Å². The molecule has 0 aliphatic heterocycles. The molecule has 0 aliphatic carbocycles. The minimum atomic E-state index is -0.972. The minimum Gasteiger partial charge on any atom is -0.480 e. The molecule has 16 heavy (non-hydrogen) atoms. The zero-order valence-electron chi connectivity index (χ0n) is 8.41. The molecule has 1 radical (unpaired) electrons. The maximum Gasteiger partial charge on any atom is 0.320 e. The Bertz CT molecular complexity index is 495. The molecular formula is C11H12CuN2O2. The zero-order chi connectivity index (χ0) is 10.8. The minimum absolute atomic E-state index is 0. The fourth-order valence-corrected chi connectivity index (χ4v) is 1.62. The van der Waals surface area contributed by atoms with E-state index in [1.165, 1.54) is 0 Å². The number of aromatic nitrogens is 1. The molecule has 0 bridgehead atoms.